The van der Waals surface area contributed by atoms with Crippen molar-refractivity contribution in [1.82, 2.24) is 15.3 Å². The normalized spacial score (nSPS) is 10.9. The summed E-state index contributed by atoms with van der Waals surface area (Å²) in [4.78, 5) is 21.0. The number of hydrogen-bond acceptors (Lipinski definition) is 4. The molecule has 0 aliphatic carbocycles. The van der Waals surface area contributed by atoms with Crippen molar-refractivity contribution in [2.75, 3.05) is 0 Å². The van der Waals surface area contributed by atoms with Crippen LogP contribution in [0.25, 0.3) is 20.8 Å². The standard InChI is InChI=1S/C20H13BrClN3OS/c21-15-8-14(9-23-11-15)19(26)24-10-13-7-12(5-6-16(13)22)20-25-17-3-1-2-4-18(17)27-20/h1-9,11H,10H2,(H,24,26). The summed E-state index contributed by atoms with van der Waals surface area (Å²) in [7, 11) is 0. The van der Waals surface area contributed by atoms with Crippen molar-refractivity contribution in [3.63, 3.8) is 0 Å². The van der Waals surface area contributed by atoms with E-state index >= 15 is 0 Å². The minimum absolute atomic E-state index is 0.203. The third kappa shape index (κ3) is 4.03. The average Bonchev–Trinajstić information content (AvgIpc) is 3.11. The molecule has 2 aromatic carbocycles. The highest BCUT2D eigenvalue weighted by Gasteiger charge is 2.11. The van der Waals surface area contributed by atoms with Gasteiger partial charge in [0.25, 0.3) is 5.91 Å². The van der Waals surface area contributed by atoms with Gasteiger partial charge >= 0.3 is 0 Å². The van der Waals surface area contributed by atoms with Crippen LogP contribution in [0.2, 0.25) is 5.02 Å². The second kappa shape index (κ2) is 7.76. The highest BCUT2D eigenvalue weighted by atomic mass is 79.9. The number of amides is 1. The predicted octanol–water partition coefficient (Wildman–Crippen LogP) is 5.70. The van der Waals surface area contributed by atoms with Crippen molar-refractivity contribution in [2.24, 2.45) is 0 Å². The Morgan fingerprint density at radius 1 is 1.15 bits per heavy atom. The smallest absolute Gasteiger partial charge is 0.253 e. The van der Waals surface area contributed by atoms with Gasteiger partial charge in [-0.2, -0.15) is 0 Å². The van der Waals surface area contributed by atoms with Crippen molar-refractivity contribution < 1.29 is 4.79 Å². The molecule has 0 fully saturated rings. The predicted molar refractivity (Wildman–Crippen MR) is 113 cm³/mol. The lowest BCUT2D eigenvalue weighted by Gasteiger charge is -2.09. The molecule has 134 valence electrons. The molecule has 0 aliphatic rings. The molecule has 0 unspecified atom stereocenters. The van der Waals surface area contributed by atoms with E-state index in [1.165, 1.54) is 6.20 Å². The van der Waals surface area contributed by atoms with Gasteiger partial charge in [-0.1, -0.05) is 29.8 Å². The fourth-order valence-electron chi connectivity index (χ4n) is 2.65. The van der Waals surface area contributed by atoms with Crippen LogP contribution < -0.4 is 5.32 Å². The number of halogens is 2. The number of pyridine rings is 1. The quantitative estimate of drug-likeness (QED) is 0.426. The monoisotopic (exact) mass is 457 g/mol. The van der Waals surface area contributed by atoms with Crippen molar-refractivity contribution >= 4 is 55.0 Å². The van der Waals surface area contributed by atoms with Crippen LogP contribution in [0.5, 0.6) is 0 Å². The minimum Gasteiger partial charge on any atom is -0.348 e. The molecule has 0 atom stereocenters. The van der Waals surface area contributed by atoms with E-state index < -0.39 is 0 Å². The van der Waals surface area contributed by atoms with Gasteiger partial charge in [0.15, 0.2) is 0 Å². The van der Waals surface area contributed by atoms with Gasteiger partial charge in [-0.25, -0.2) is 4.98 Å². The van der Waals surface area contributed by atoms with Crippen LogP contribution in [0.15, 0.2) is 65.4 Å². The molecule has 2 aromatic heterocycles. The van der Waals surface area contributed by atoms with E-state index in [9.17, 15) is 4.79 Å². The first-order chi connectivity index (χ1) is 13.1. The lowest BCUT2D eigenvalue weighted by molar-refractivity contribution is 0.0950. The molecule has 0 saturated heterocycles. The molecule has 0 spiro atoms. The molecule has 0 bridgehead atoms. The summed E-state index contributed by atoms with van der Waals surface area (Å²) in [6, 6.07) is 15.5. The maximum absolute atomic E-state index is 12.3. The van der Waals surface area contributed by atoms with Crippen LogP contribution in [0.4, 0.5) is 0 Å². The molecule has 0 aliphatic heterocycles. The molecule has 1 amide bonds. The first-order valence-corrected chi connectivity index (χ1v) is 10.1. The Morgan fingerprint density at radius 2 is 2.00 bits per heavy atom. The average molecular weight is 459 g/mol. The zero-order valence-electron chi connectivity index (χ0n) is 13.9. The first kappa shape index (κ1) is 18.1. The van der Waals surface area contributed by atoms with Crippen LogP contribution in [0.1, 0.15) is 15.9 Å². The summed E-state index contributed by atoms with van der Waals surface area (Å²) in [5.41, 5.74) is 3.28. The highest BCUT2D eigenvalue weighted by Crippen LogP contribution is 2.32. The number of carbonyl (C=O) groups excluding carboxylic acids is 1. The fraction of sp³-hybridized carbons (Fsp3) is 0.0500. The molecule has 0 radical (unpaired) electrons. The molecule has 4 nitrogen and oxygen atoms in total. The lowest BCUT2D eigenvalue weighted by Crippen LogP contribution is -2.23. The number of nitrogens with one attached hydrogen (secondary N) is 1. The third-order valence-corrected chi connectivity index (χ3v) is 5.88. The van der Waals surface area contributed by atoms with Crippen LogP contribution in [-0.4, -0.2) is 15.9 Å². The van der Waals surface area contributed by atoms with Gasteiger partial charge in [-0.15, -0.1) is 11.3 Å². The molecular weight excluding hydrogens is 446 g/mol. The number of fused-ring (bicyclic) bond motifs is 1. The van der Waals surface area contributed by atoms with E-state index in [1.807, 2.05) is 36.4 Å². The largest absolute Gasteiger partial charge is 0.348 e. The van der Waals surface area contributed by atoms with Gasteiger partial charge in [-0.05, 0) is 51.8 Å². The summed E-state index contributed by atoms with van der Waals surface area (Å²) in [6.07, 6.45) is 3.16. The Hall–Kier alpha value is -2.28. The first-order valence-electron chi connectivity index (χ1n) is 8.13. The van der Waals surface area contributed by atoms with Crippen LogP contribution in [-0.2, 0) is 6.54 Å². The zero-order chi connectivity index (χ0) is 18.8. The third-order valence-electron chi connectivity index (χ3n) is 3.99. The molecular formula is C20H13BrClN3OS. The summed E-state index contributed by atoms with van der Waals surface area (Å²) >= 11 is 11.3. The Morgan fingerprint density at radius 3 is 2.81 bits per heavy atom. The molecule has 2 heterocycles. The Bertz CT molecular complexity index is 1110. The minimum atomic E-state index is -0.203. The number of carbonyl (C=O) groups is 1. The van der Waals surface area contributed by atoms with Crippen molar-refractivity contribution in [3.8, 4) is 10.6 Å². The Balaban J connectivity index is 1.56. The topological polar surface area (TPSA) is 54.9 Å². The van der Waals surface area contributed by atoms with E-state index in [4.69, 9.17) is 11.6 Å². The Kier molecular flexibility index (Phi) is 5.20. The number of aromatic nitrogens is 2. The van der Waals surface area contributed by atoms with E-state index in [1.54, 1.807) is 23.6 Å². The van der Waals surface area contributed by atoms with Crippen molar-refractivity contribution in [1.29, 1.82) is 0 Å². The second-order valence-corrected chi connectivity index (χ2v) is 8.22. The number of para-hydroxylation sites is 1. The molecule has 4 rings (SSSR count). The molecule has 27 heavy (non-hydrogen) atoms. The molecule has 7 heteroatoms. The van der Waals surface area contributed by atoms with Gasteiger partial charge in [-0.3, -0.25) is 9.78 Å². The molecule has 0 saturated carbocycles. The highest BCUT2D eigenvalue weighted by molar-refractivity contribution is 9.10. The summed E-state index contributed by atoms with van der Waals surface area (Å²) in [6.45, 7) is 0.322. The van der Waals surface area contributed by atoms with Crippen molar-refractivity contribution in [3.05, 3.63) is 81.5 Å². The number of benzene rings is 2. The second-order valence-electron chi connectivity index (χ2n) is 5.87. The van der Waals surface area contributed by atoms with E-state index in [0.717, 1.165) is 30.8 Å². The summed E-state index contributed by atoms with van der Waals surface area (Å²) < 4.78 is 1.89. The number of hydrogen-bond donors (Lipinski definition) is 1. The van der Waals surface area contributed by atoms with Crippen LogP contribution in [0.3, 0.4) is 0 Å². The van der Waals surface area contributed by atoms with Gasteiger partial charge in [0, 0.05) is 34.0 Å². The van der Waals surface area contributed by atoms with Gasteiger partial charge < -0.3 is 5.32 Å². The maximum atomic E-state index is 12.3. The summed E-state index contributed by atoms with van der Waals surface area (Å²) in [5, 5.41) is 4.42. The van der Waals surface area contributed by atoms with Crippen LogP contribution >= 0.6 is 38.9 Å². The lowest BCUT2D eigenvalue weighted by atomic mass is 10.1. The van der Waals surface area contributed by atoms with Gasteiger partial charge in [0.2, 0.25) is 0 Å². The zero-order valence-corrected chi connectivity index (χ0v) is 17.1. The number of thiazole rings is 1. The fourth-order valence-corrected chi connectivity index (χ4v) is 4.16. The number of rotatable bonds is 4. The van der Waals surface area contributed by atoms with E-state index in [2.05, 4.69) is 37.3 Å². The SMILES string of the molecule is O=C(NCc1cc(-c2nc3ccccc3s2)ccc1Cl)c1cncc(Br)c1. The molecule has 1 N–H and O–H groups in total. The van der Waals surface area contributed by atoms with E-state index in [-0.39, 0.29) is 5.91 Å². The number of nitrogens with zero attached hydrogens (tertiary/aromatic N) is 2. The van der Waals surface area contributed by atoms with E-state index in [0.29, 0.717) is 17.1 Å². The van der Waals surface area contributed by atoms with Crippen LogP contribution in [0, 0.1) is 0 Å². The Labute approximate surface area is 173 Å². The summed E-state index contributed by atoms with van der Waals surface area (Å²) in [5.74, 6) is -0.203. The van der Waals surface area contributed by atoms with Gasteiger partial charge in [0.05, 0.1) is 15.8 Å². The van der Waals surface area contributed by atoms with Crippen molar-refractivity contribution in [2.45, 2.75) is 6.54 Å². The maximum Gasteiger partial charge on any atom is 0.253 e. The van der Waals surface area contributed by atoms with Gasteiger partial charge in [0.1, 0.15) is 5.01 Å². The molecule has 4 aromatic rings.